The van der Waals surface area contributed by atoms with E-state index in [0.717, 1.165) is 0 Å². The summed E-state index contributed by atoms with van der Waals surface area (Å²) in [5.41, 5.74) is 0. The first kappa shape index (κ1) is 30.9. The maximum absolute atomic E-state index is 10.4. The SMILES string of the molecule is O=C([O-])C(=O)[C@@H](O)[C@H](O)[C@H](O)CO.O=C([O-])C(=O)[C@@H](O)[C@H](O)[C@H](O)CO.[Ca+2]. The molecule has 152 valence electrons. The van der Waals surface area contributed by atoms with E-state index in [-0.39, 0.29) is 37.7 Å². The van der Waals surface area contributed by atoms with Gasteiger partial charge in [0.15, 0.2) is 0 Å². The smallest absolute Gasteiger partial charge is 0.542 e. The molecule has 0 spiro atoms. The molecule has 0 unspecified atom stereocenters. The number of hydrogen-bond donors (Lipinski definition) is 8. The Hall–Kier alpha value is -0.780. The average molecular weight is 426 g/mol. The van der Waals surface area contributed by atoms with Gasteiger partial charge in [-0.25, -0.2) is 0 Å². The zero-order valence-electron chi connectivity index (χ0n) is 13.6. The van der Waals surface area contributed by atoms with Crippen LogP contribution in [0.25, 0.3) is 0 Å². The summed E-state index contributed by atoms with van der Waals surface area (Å²) in [5, 5.41) is 88.9. The van der Waals surface area contributed by atoms with Gasteiger partial charge >= 0.3 is 37.7 Å². The molecule has 8 N–H and O–H groups in total. The predicted octanol–water partition coefficient (Wildman–Crippen LogP) is -9.62. The number of carboxylic acid groups (broad SMARTS) is 2. The quantitative estimate of drug-likeness (QED) is 0.119. The van der Waals surface area contributed by atoms with Gasteiger partial charge in [0, 0.05) is 0 Å². The summed E-state index contributed by atoms with van der Waals surface area (Å²) >= 11 is 0. The van der Waals surface area contributed by atoms with E-state index in [9.17, 15) is 29.4 Å². The Morgan fingerprint density at radius 1 is 0.630 bits per heavy atom. The van der Waals surface area contributed by atoms with Gasteiger partial charge in [0.1, 0.15) is 48.6 Å². The molecule has 0 rings (SSSR count). The van der Waals surface area contributed by atoms with E-state index in [4.69, 9.17) is 40.9 Å². The van der Waals surface area contributed by atoms with E-state index >= 15 is 0 Å². The van der Waals surface area contributed by atoms with E-state index in [1.165, 1.54) is 0 Å². The number of aliphatic hydroxyl groups excluding tert-OH is 8. The first-order valence-electron chi connectivity index (χ1n) is 6.63. The van der Waals surface area contributed by atoms with E-state index in [1.807, 2.05) is 0 Å². The molecule has 0 amide bonds. The third-order valence-electron chi connectivity index (χ3n) is 2.75. The van der Waals surface area contributed by atoms with Gasteiger partial charge in [-0.05, 0) is 0 Å². The monoisotopic (exact) mass is 426 g/mol. The van der Waals surface area contributed by atoms with Crippen LogP contribution in [0.15, 0.2) is 0 Å². The van der Waals surface area contributed by atoms with Crippen molar-refractivity contribution < 1.29 is 70.2 Å². The molecule has 0 radical (unpaired) electrons. The normalized spacial score (nSPS) is 16.9. The predicted molar refractivity (Wildman–Crippen MR) is 76.0 cm³/mol. The van der Waals surface area contributed by atoms with Crippen LogP contribution in [0, 0.1) is 0 Å². The molecule has 0 aromatic heterocycles. The summed E-state index contributed by atoms with van der Waals surface area (Å²) in [5.74, 6) is -7.84. The van der Waals surface area contributed by atoms with Crippen LogP contribution >= 0.6 is 0 Å². The molecule has 0 fully saturated rings. The number of carboxylic acids is 2. The molecule has 0 saturated heterocycles. The van der Waals surface area contributed by atoms with Gasteiger partial charge in [-0.1, -0.05) is 0 Å². The van der Waals surface area contributed by atoms with Crippen molar-refractivity contribution in [3.63, 3.8) is 0 Å². The fourth-order valence-corrected chi connectivity index (χ4v) is 1.19. The van der Waals surface area contributed by atoms with Crippen molar-refractivity contribution >= 4 is 61.2 Å². The minimum atomic E-state index is -2.30. The van der Waals surface area contributed by atoms with Gasteiger partial charge in [0.25, 0.3) is 0 Å². The molecule has 0 aromatic rings. The number of hydrogen-bond acceptors (Lipinski definition) is 14. The molecule has 0 aliphatic heterocycles. The van der Waals surface area contributed by atoms with E-state index in [2.05, 4.69) is 0 Å². The van der Waals surface area contributed by atoms with Crippen LogP contribution in [0.3, 0.4) is 0 Å². The van der Waals surface area contributed by atoms with Crippen LogP contribution in [0.5, 0.6) is 0 Å². The summed E-state index contributed by atoms with van der Waals surface area (Å²) in [7, 11) is 0. The standard InChI is InChI=1S/2C6H10O7.Ca/c2*7-1-2(8)3(9)4(10)5(11)6(12)13;/h2*2-4,7-10H,1H2,(H,12,13);/q;;+2/p-2/t2*2-,3-,4+;/m11./s1. The largest absolute Gasteiger partial charge is 2.00 e. The van der Waals surface area contributed by atoms with Crippen molar-refractivity contribution in [1.82, 2.24) is 0 Å². The van der Waals surface area contributed by atoms with Gasteiger partial charge in [0.05, 0.1) is 13.2 Å². The summed E-state index contributed by atoms with van der Waals surface area (Å²) in [4.78, 5) is 40.6. The van der Waals surface area contributed by atoms with Crippen LogP contribution in [0.1, 0.15) is 0 Å². The fraction of sp³-hybridized carbons (Fsp3) is 0.667. The van der Waals surface area contributed by atoms with Gasteiger partial charge in [-0.15, -0.1) is 0 Å². The molecule has 0 aromatic carbocycles. The first-order valence-corrected chi connectivity index (χ1v) is 6.63. The van der Waals surface area contributed by atoms with Gasteiger partial charge < -0.3 is 60.7 Å². The Morgan fingerprint density at radius 3 is 1.00 bits per heavy atom. The number of carbonyl (C=O) groups is 4. The molecule has 0 heterocycles. The van der Waals surface area contributed by atoms with Crippen molar-refractivity contribution in [1.29, 1.82) is 0 Å². The number of aliphatic hydroxyl groups is 8. The second-order valence-electron chi connectivity index (χ2n) is 4.67. The Morgan fingerprint density at radius 2 is 0.852 bits per heavy atom. The summed E-state index contributed by atoms with van der Waals surface area (Å²) in [6, 6.07) is 0. The number of carbonyl (C=O) groups excluding carboxylic acids is 4. The topological polar surface area (TPSA) is 276 Å². The summed E-state index contributed by atoms with van der Waals surface area (Å²) in [6.45, 7) is -1.81. The van der Waals surface area contributed by atoms with Crippen LogP contribution in [0.2, 0.25) is 0 Å². The Kier molecular flexibility index (Phi) is 17.4. The molecular weight excluding hydrogens is 408 g/mol. The minimum absolute atomic E-state index is 0. The number of Topliss-reactive ketones (excluding diaryl/α,β-unsaturated/α-hetero) is 2. The molecule has 15 heteroatoms. The second kappa shape index (κ2) is 15.2. The van der Waals surface area contributed by atoms with E-state index in [0.29, 0.717) is 0 Å². The van der Waals surface area contributed by atoms with Crippen molar-refractivity contribution in [2.75, 3.05) is 13.2 Å². The van der Waals surface area contributed by atoms with E-state index < -0.39 is 73.3 Å². The molecular formula is C12H18CaO14. The Balaban J connectivity index is -0.000000411. The van der Waals surface area contributed by atoms with Crippen LogP contribution in [-0.4, -0.2) is 152 Å². The first-order chi connectivity index (χ1) is 11.8. The van der Waals surface area contributed by atoms with Crippen LogP contribution in [-0.2, 0) is 19.2 Å². The van der Waals surface area contributed by atoms with Crippen molar-refractivity contribution in [2.45, 2.75) is 36.6 Å². The zero-order valence-corrected chi connectivity index (χ0v) is 15.8. The van der Waals surface area contributed by atoms with Gasteiger partial charge in [0.2, 0.25) is 11.6 Å². The van der Waals surface area contributed by atoms with Crippen LogP contribution in [0.4, 0.5) is 0 Å². The number of ketones is 2. The second-order valence-corrected chi connectivity index (χ2v) is 4.67. The third-order valence-corrected chi connectivity index (χ3v) is 2.75. The fourth-order valence-electron chi connectivity index (χ4n) is 1.19. The third kappa shape index (κ3) is 11.0. The maximum atomic E-state index is 10.4. The zero-order chi connectivity index (χ0) is 21.2. The maximum Gasteiger partial charge on any atom is 2.00 e. The van der Waals surface area contributed by atoms with Gasteiger partial charge in [-0.2, -0.15) is 0 Å². The molecule has 14 nitrogen and oxygen atoms in total. The molecule has 0 aliphatic rings. The Labute approximate surface area is 180 Å². The molecule has 6 atom stereocenters. The molecule has 0 aliphatic carbocycles. The van der Waals surface area contributed by atoms with Crippen molar-refractivity contribution in [2.24, 2.45) is 0 Å². The van der Waals surface area contributed by atoms with E-state index in [1.54, 1.807) is 0 Å². The number of rotatable bonds is 10. The minimum Gasteiger partial charge on any atom is -0.542 e. The van der Waals surface area contributed by atoms with Crippen molar-refractivity contribution in [3.8, 4) is 0 Å². The average Bonchev–Trinajstić information content (AvgIpc) is 2.62. The molecule has 0 saturated carbocycles. The van der Waals surface area contributed by atoms with Gasteiger partial charge in [-0.3, -0.25) is 9.59 Å². The summed E-state index contributed by atoms with van der Waals surface area (Å²) in [6.07, 6.45) is -12.2. The number of aliphatic carboxylic acids is 2. The Bertz CT molecular complexity index is 452. The summed E-state index contributed by atoms with van der Waals surface area (Å²) < 4.78 is 0. The van der Waals surface area contributed by atoms with Crippen molar-refractivity contribution in [3.05, 3.63) is 0 Å². The van der Waals surface area contributed by atoms with Crippen LogP contribution < -0.4 is 10.2 Å². The molecule has 0 bridgehead atoms. The molecule has 27 heavy (non-hydrogen) atoms.